The summed E-state index contributed by atoms with van der Waals surface area (Å²) in [5.74, 6) is 0.886. The van der Waals surface area contributed by atoms with Crippen molar-refractivity contribution in [1.82, 2.24) is 10.3 Å². The Balaban J connectivity index is 1.80. The Labute approximate surface area is 124 Å². The first kappa shape index (κ1) is 13.6. The summed E-state index contributed by atoms with van der Waals surface area (Å²) in [4.78, 5) is 6.13. The lowest BCUT2D eigenvalue weighted by atomic mass is 10.1. The molecule has 0 saturated carbocycles. The summed E-state index contributed by atoms with van der Waals surface area (Å²) in [6, 6.07) is 8.76. The molecule has 1 aromatic heterocycles. The number of hydrogen-bond donors (Lipinski definition) is 1. The van der Waals surface area contributed by atoms with E-state index >= 15 is 0 Å². The van der Waals surface area contributed by atoms with Crippen LogP contribution in [0, 0.1) is 6.92 Å². The Morgan fingerprint density at radius 1 is 1.35 bits per heavy atom. The molecule has 2 aromatic rings. The van der Waals surface area contributed by atoms with Crippen LogP contribution in [0.1, 0.15) is 22.7 Å². The molecular weight excluding hydrogens is 268 g/mol. The van der Waals surface area contributed by atoms with Gasteiger partial charge in [-0.05, 0) is 50.6 Å². The van der Waals surface area contributed by atoms with Gasteiger partial charge in [0.15, 0.2) is 0 Å². The van der Waals surface area contributed by atoms with E-state index in [0.29, 0.717) is 6.04 Å². The lowest BCUT2D eigenvalue weighted by Gasteiger charge is -2.06. The Hall–Kier alpha value is -1.39. The first-order valence-electron chi connectivity index (χ1n) is 7.10. The van der Waals surface area contributed by atoms with E-state index in [1.807, 2.05) is 23.5 Å². The van der Waals surface area contributed by atoms with E-state index in [2.05, 4.69) is 24.4 Å². The molecule has 20 heavy (non-hydrogen) atoms. The second kappa shape index (κ2) is 5.94. The first-order chi connectivity index (χ1) is 9.76. The maximum absolute atomic E-state index is 5.20. The van der Waals surface area contributed by atoms with E-state index in [4.69, 9.17) is 9.72 Å². The highest BCUT2D eigenvalue weighted by Crippen LogP contribution is 2.29. The molecule has 3 rings (SSSR count). The molecule has 1 unspecified atom stereocenters. The van der Waals surface area contributed by atoms with Gasteiger partial charge < -0.3 is 10.1 Å². The minimum absolute atomic E-state index is 0.615. The molecule has 1 aromatic carbocycles. The number of ether oxygens (including phenoxy) is 1. The monoisotopic (exact) mass is 288 g/mol. The molecule has 1 atom stereocenters. The van der Waals surface area contributed by atoms with Crippen molar-refractivity contribution in [3.05, 3.63) is 34.2 Å². The van der Waals surface area contributed by atoms with Gasteiger partial charge in [-0.2, -0.15) is 0 Å². The Kier molecular flexibility index (Phi) is 4.03. The minimum Gasteiger partial charge on any atom is -0.497 e. The number of methoxy groups -OCH3 is 1. The predicted octanol–water partition coefficient (Wildman–Crippen LogP) is 3.42. The van der Waals surface area contributed by atoms with E-state index in [1.165, 1.54) is 28.3 Å². The maximum atomic E-state index is 5.20. The van der Waals surface area contributed by atoms with Crippen LogP contribution in [0.3, 0.4) is 0 Å². The molecular formula is C16H20N2OS. The number of nitrogens with zero attached hydrogens (tertiary/aromatic N) is 1. The van der Waals surface area contributed by atoms with Gasteiger partial charge in [0.05, 0.1) is 17.8 Å². The smallest absolute Gasteiger partial charge is 0.118 e. The zero-order valence-electron chi connectivity index (χ0n) is 12.0. The van der Waals surface area contributed by atoms with Crippen LogP contribution < -0.4 is 10.1 Å². The van der Waals surface area contributed by atoms with Gasteiger partial charge in [-0.15, -0.1) is 11.3 Å². The second-order valence-electron chi connectivity index (χ2n) is 5.24. The van der Waals surface area contributed by atoms with Crippen molar-refractivity contribution in [2.45, 2.75) is 32.2 Å². The normalized spacial score (nSPS) is 18.4. The van der Waals surface area contributed by atoms with Gasteiger partial charge in [-0.1, -0.05) is 0 Å². The Bertz CT molecular complexity index is 571. The third-order valence-electron chi connectivity index (χ3n) is 3.79. The minimum atomic E-state index is 0.615. The second-order valence-corrected chi connectivity index (χ2v) is 6.53. The van der Waals surface area contributed by atoms with Crippen LogP contribution in [0.25, 0.3) is 11.3 Å². The number of aromatic nitrogens is 1. The van der Waals surface area contributed by atoms with Crippen molar-refractivity contribution >= 4 is 11.3 Å². The summed E-state index contributed by atoms with van der Waals surface area (Å²) in [5.41, 5.74) is 2.29. The van der Waals surface area contributed by atoms with Crippen LogP contribution in [-0.2, 0) is 6.42 Å². The van der Waals surface area contributed by atoms with Gasteiger partial charge in [0.1, 0.15) is 5.75 Å². The molecule has 3 nitrogen and oxygen atoms in total. The fourth-order valence-electron chi connectivity index (χ4n) is 2.70. The first-order valence-corrected chi connectivity index (χ1v) is 7.92. The lowest BCUT2D eigenvalue weighted by Crippen LogP contribution is -2.23. The summed E-state index contributed by atoms with van der Waals surface area (Å²) < 4.78 is 5.20. The van der Waals surface area contributed by atoms with Crippen molar-refractivity contribution in [3.63, 3.8) is 0 Å². The molecule has 1 aliphatic heterocycles. The van der Waals surface area contributed by atoms with Crippen molar-refractivity contribution in [2.75, 3.05) is 13.7 Å². The summed E-state index contributed by atoms with van der Waals surface area (Å²) in [6.45, 7) is 3.31. The topological polar surface area (TPSA) is 34.1 Å². The van der Waals surface area contributed by atoms with Gasteiger partial charge >= 0.3 is 0 Å². The van der Waals surface area contributed by atoms with Gasteiger partial charge in [-0.3, -0.25) is 0 Å². The van der Waals surface area contributed by atoms with Crippen LogP contribution >= 0.6 is 11.3 Å². The molecule has 1 fully saturated rings. The SMILES string of the molecule is COc1ccc(-c2nc(CC3CCCN3)sc2C)cc1. The maximum Gasteiger partial charge on any atom is 0.118 e. The molecule has 1 aliphatic rings. The standard InChI is InChI=1S/C16H20N2OS/c1-11-16(12-5-7-14(19-2)8-6-12)18-15(20-11)10-13-4-3-9-17-13/h5-8,13,17H,3-4,9-10H2,1-2H3. The van der Waals surface area contributed by atoms with E-state index in [-0.39, 0.29) is 0 Å². The average Bonchev–Trinajstić information content (AvgIpc) is 3.09. The van der Waals surface area contributed by atoms with E-state index in [0.717, 1.165) is 24.4 Å². The number of rotatable bonds is 4. The zero-order chi connectivity index (χ0) is 13.9. The number of aryl methyl sites for hydroxylation is 1. The Morgan fingerprint density at radius 3 is 2.80 bits per heavy atom. The Morgan fingerprint density at radius 2 is 2.15 bits per heavy atom. The van der Waals surface area contributed by atoms with Crippen molar-refractivity contribution in [3.8, 4) is 17.0 Å². The van der Waals surface area contributed by atoms with E-state index in [1.54, 1.807) is 7.11 Å². The number of thiazole rings is 1. The fraction of sp³-hybridized carbons (Fsp3) is 0.438. The number of benzene rings is 1. The van der Waals surface area contributed by atoms with Crippen LogP contribution in [0.15, 0.2) is 24.3 Å². The fourth-order valence-corrected chi connectivity index (χ4v) is 3.73. The molecule has 106 valence electrons. The summed E-state index contributed by atoms with van der Waals surface area (Å²) in [6.07, 6.45) is 3.62. The predicted molar refractivity (Wildman–Crippen MR) is 83.6 cm³/mol. The molecule has 0 amide bonds. The summed E-state index contributed by atoms with van der Waals surface area (Å²) >= 11 is 1.82. The van der Waals surface area contributed by atoms with Crippen molar-refractivity contribution in [1.29, 1.82) is 0 Å². The molecule has 2 heterocycles. The van der Waals surface area contributed by atoms with Crippen LogP contribution in [0.2, 0.25) is 0 Å². The van der Waals surface area contributed by atoms with Crippen molar-refractivity contribution in [2.24, 2.45) is 0 Å². The molecule has 0 radical (unpaired) electrons. The molecule has 1 N–H and O–H groups in total. The summed E-state index contributed by atoms with van der Waals surface area (Å²) in [5, 5.41) is 4.78. The van der Waals surface area contributed by atoms with Gasteiger partial charge in [0.25, 0.3) is 0 Å². The molecule has 4 heteroatoms. The average molecular weight is 288 g/mol. The van der Waals surface area contributed by atoms with Crippen LogP contribution in [-0.4, -0.2) is 24.7 Å². The van der Waals surface area contributed by atoms with Gasteiger partial charge in [0, 0.05) is 22.9 Å². The lowest BCUT2D eigenvalue weighted by molar-refractivity contribution is 0.415. The molecule has 0 spiro atoms. The van der Waals surface area contributed by atoms with Crippen LogP contribution in [0.5, 0.6) is 5.75 Å². The van der Waals surface area contributed by atoms with Crippen LogP contribution in [0.4, 0.5) is 0 Å². The largest absolute Gasteiger partial charge is 0.497 e. The summed E-state index contributed by atoms with van der Waals surface area (Å²) in [7, 11) is 1.69. The highest BCUT2D eigenvalue weighted by molar-refractivity contribution is 7.12. The van der Waals surface area contributed by atoms with Gasteiger partial charge in [0.2, 0.25) is 0 Å². The highest BCUT2D eigenvalue weighted by atomic mass is 32.1. The third kappa shape index (κ3) is 2.86. The quantitative estimate of drug-likeness (QED) is 0.936. The van der Waals surface area contributed by atoms with E-state index in [9.17, 15) is 0 Å². The van der Waals surface area contributed by atoms with Crippen molar-refractivity contribution < 1.29 is 4.74 Å². The molecule has 1 saturated heterocycles. The zero-order valence-corrected chi connectivity index (χ0v) is 12.8. The molecule has 0 bridgehead atoms. The van der Waals surface area contributed by atoms with Gasteiger partial charge in [-0.25, -0.2) is 4.98 Å². The molecule has 0 aliphatic carbocycles. The van der Waals surface area contributed by atoms with E-state index < -0.39 is 0 Å². The number of nitrogens with one attached hydrogen (secondary N) is 1. The number of hydrogen-bond acceptors (Lipinski definition) is 4. The third-order valence-corrected chi connectivity index (χ3v) is 4.78. The highest BCUT2D eigenvalue weighted by Gasteiger charge is 2.17.